The average Bonchev–Trinajstić information content (AvgIpc) is 3.85. The zero-order chi connectivity index (χ0) is 34.0. The van der Waals surface area contributed by atoms with E-state index in [1.165, 1.54) is 59.4 Å². The van der Waals surface area contributed by atoms with Gasteiger partial charge in [-0.3, -0.25) is 0 Å². The van der Waals surface area contributed by atoms with Gasteiger partial charge in [-0.15, -0.1) is 0 Å². The zero-order valence-electron chi connectivity index (χ0n) is 29.3. The summed E-state index contributed by atoms with van der Waals surface area (Å²) < 4.78 is 0. The molecule has 51 heavy (non-hydrogen) atoms. The first-order chi connectivity index (χ1) is 25.2. The van der Waals surface area contributed by atoms with Crippen LogP contribution in [0.4, 0.5) is 34.1 Å². The summed E-state index contributed by atoms with van der Waals surface area (Å²) in [4.78, 5) is 4.76. The Labute approximate surface area is 303 Å². The molecule has 3 aliphatic carbocycles. The van der Waals surface area contributed by atoms with E-state index in [-0.39, 0.29) is 5.41 Å². The molecule has 0 N–H and O–H groups in total. The minimum absolute atomic E-state index is 0.0734. The summed E-state index contributed by atoms with van der Waals surface area (Å²) >= 11 is 0. The molecule has 0 aliphatic heterocycles. The molecule has 252 valence electrons. The molecule has 0 amide bonds. The predicted molar refractivity (Wildman–Crippen MR) is 214 cm³/mol. The Kier molecular flexibility index (Phi) is 8.53. The summed E-state index contributed by atoms with van der Waals surface area (Å²) in [7, 11) is 0. The molecule has 2 saturated carbocycles. The molecule has 6 aromatic carbocycles. The lowest BCUT2D eigenvalue weighted by Gasteiger charge is -2.37. The molecule has 0 spiro atoms. The van der Waals surface area contributed by atoms with Crippen molar-refractivity contribution < 1.29 is 0 Å². The second-order valence-corrected chi connectivity index (χ2v) is 14.9. The maximum Gasteiger partial charge on any atom is 0.0461 e. The SMILES string of the molecule is C1=CCC(c2ccc(N(c3ccccc3)c3ccccc3)cc2)(c2ccc(N(c3ccccc3)c3ccc(C4CC5CCC4C5)cc3)cc2)CC1. The third kappa shape index (κ3) is 6.08. The number of para-hydroxylation sites is 3. The van der Waals surface area contributed by atoms with E-state index in [9.17, 15) is 0 Å². The summed E-state index contributed by atoms with van der Waals surface area (Å²) in [5.74, 6) is 2.60. The molecular formula is C49H46N2. The third-order valence-corrected chi connectivity index (χ3v) is 12.1. The fourth-order valence-electron chi connectivity index (χ4n) is 9.53. The summed E-state index contributed by atoms with van der Waals surface area (Å²) in [5.41, 5.74) is 11.3. The predicted octanol–water partition coefficient (Wildman–Crippen LogP) is 13.6. The average molecular weight is 663 g/mol. The topological polar surface area (TPSA) is 6.48 Å². The van der Waals surface area contributed by atoms with Crippen molar-refractivity contribution in [2.45, 2.75) is 56.3 Å². The molecule has 3 aliphatic rings. The second kappa shape index (κ2) is 13.8. The van der Waals surface area contributed by atoms with Crippen LogP contribution >= 0.6 is 0 Å². The van der Waals surface area contributed by atoms with E-state index in [1.54, 1.807) is 0 Å². The maximum absolute atomic E-state index is 2.42. The fourth-order valence-corrected chi connectivity index (χ4v) is 9.53. The Morgan fingerprint density at radius 2 is 0.882 bits per heavy atom. The van der Waals surface area contributed by atoms with Gasteiger partial charge in [0.05, 0.1) is 0 Å². The fraction of sp³-hybridized carbons (Fsp3) is 0.224. The highest BCUT2D eigenvalue weighted by Crippen LogP contribution is 2.53. The molecule has 2 nitrogen and oxygen atoms in total. The molecule has 4 unspecified atom stereocenters. The van der Waals surface area contributed by atoms with E-state index >= 15 is 0 Å². The normalized spacial score (nSPS) is 22.2. The van der Waals surface area contributed by atoms with Crippen molar-refractivity contribution in [3.63, 3.8) is 0 Å². The summed E-state index contributed by atoms with van der Waals surface area (Å²) in [6.45, 7) is 0. The Hall–Kier alpha value is -5.34. The summed E-state index contributed by atoms with van der Waals surface area (Å²) in [5, 5.41) is 0. The van der Waals surface area contributed by atoms with Crippen molar-refractivity contribution in [2.75, 3.05) is 9.80 Å². The Balaban J connectivity index is 1.04. The number of nitrogens with zero attached hydrogens (tertiary/aromatic N) is 2. The van der Waals surface area contributed by atoms with Crippen molar-refractivity contribution >= 4 is 34.1 Å². The number of hydrogen-bond acceptors (Lipinski definition) is 2. The minimum Gasteiger partial charge on any atom is -0.311 e. The molecule has 4 atom stereocenters. The van der Waals surface area contributed by atoms with E-state index in [0.717, 1.165) is 54.1 Å². The van der Waals surface area contributed by atoms with Gasteiger partial charge in [0, 0.05) is 39.5 Å². The summed E-state index contributed by atoms with van der Waals surface area (Å²) in [6, 6.07) is 60.5. The van der Waals surface area contributed by atoms with Gasteiger partial charge in [0.1, 0.15) is 0 Å². The number of anilines is 6. The molecule has 2 bridgehead atoms. The third-order valence-electron chi connectivity index (χ3n) is 12.1. The van der Waals surface area contributed by atoms with E-state index in [1.807, 2.05) is 0 Å². The molecule has 6 aromatic rings. The zero-order valence-corrected chi connectivity index (χ0v) is 29.3. The van der Waals surface area contributed by atoms with Gasteiger partial charge in [0.2, 0.25) is 0 Å². The highest BCUT2D eigenvalue weighted by Gasteiger charge is 2.40. The number of benzene rings is 6. The van der Waals surface area contributed by atoms with Crippen LogP contribution in [0.3, 0.4) is 0 Å². The van der Waals surface area contributed by atoms with Crippen LogP contribution in [0.25, 0.3) is 0 Å². The van der Waals surface area contributed by atoms with Gasteiger partial charge in [-0.05, 0) is 146 Å². The molecule has 0 heterocycles. The molecule has 2 fully saturated rings. The van der Waals surface area contributed by atoms with Gasteiger partial charge in [-0.25, -0.2) is 0 Å². The van der Waals surface area contributed by atoms with E-state index < -0.39 is 0 Å². The molecule has 9 rings (SSSR count). The lowest BCUT2D eigenvalue weighted by Crippen LogP contribution is -2.29. The number of rotatable bonds is 9. The standard InChI is InChI=1S/C49H46N2/c1-5-13-42(14-6-1)50(43-15-7-2-8-16-43)46-29-23-40(24-30-46)49(33-11-4-12-34-49)41-25-31-47(32-26-41)51(44-17-9-3-10-18-44)45-27-21-38(22-28-45)48-36-37-19-20-39(48)35-37/h1-11,13-18,21-32,37,39,48H,12,19-20,33-36H2. The monoisotopic (exact) mass is 662 g/mol. The highest BCUT2D eigenvalue weighted by molar-refractivity contribution is 5.78. The van der Waals surface area contributed by atoms with Crippen LogP contribution in [0, 0.1) is 11.8 Å². The highest BCUT2D eigenvalue weighted by atomic mass is 15.1. The quantitative estimate of drug-likeness (QED) is 0.142. The maximum atomic E-state index is 2.42. The smallest absolute Gasteiger partial charge is 0.0461 e. The van der Waals surface area contributed by atoms with Crippen LogP contribution in [0.2, 0.25) is 0 Å². The van der Waals surface area contributed by atoms with E-state index in [4.69, 9.17) is 0 Å². The van der Waals surface area contributed by atoms with Crippen molar-refractivity contribution in [1.29, 1.82) is 0 Å². The van der Waals surface area contributed by atoms with Crippen LogP contribution in [-0.4, -0.2) is 0 Å². The van der Waals surface area contributed by atoms with Crippen molar-refractivity contribution in [2.24, 2.45) is 11.8 Å². The van der Waals surface area contributed by atoms with Crippen LogP contribution in [0.15, 0.2) is 176 Å². The van der Waals surface area contributed by atoms with Gasteiger partial charge in [-0.2, -0.15) is 0 Å². The van der Waals surface area contributed by atoms with Crippen molar-refractivity contribution in [3.05, 3.63) is 193 Å². The van der Waals surface area contributed by atoms with Crippen LogP contribution in [0.1, 0.15) is 67.6 Å². The van der Waals surface area contributed by atoms with Crippen LogP contribution in [-0.2, 0) is 5.41 Å². The molecule has 0 saturated heterocycles. The Bertz CT molecular complexity index is 2030. The van der Waals surface area contributed by atoms with Crippen molar-refractivity contribution in [3.8, 4) is 0 Å². The van der Waals surface area contributed by atoms with Gasteiger partial charge in [0.15, 0.2) is 0 Å². The lowest BCUT2D eigenvalue weighted by molar-refractivity contribution is 0.420. The number of allylic oxidation sites excluding steroid dienone is 2. The van der Waals surface area contributed by atoms with Gasteiger partial charge < -0.3 is 9.80 Å². The summed E-state index contributed by atoms with van der Waals surface area (Å²) in [6.07, 6.45) is 13.6. The molecule has 0 aromatic heterocycles. The molecule has 2 heteroatoms. The first-order valence-corrected chi connectivity index (χ1v) is 19.0. The Morgan fingerprint density at radius 3 is 1.27 bits per heavy atom. The van der Waals surface area contributed by atoms with Gasteiger partial charge in [-0.1, -0.05) is 110 Å². The van der Waals surface area contributed by atoms with Gasteiger partial charge in [0.25, 0.3) is 0 Å². The number of fused-ring (bicyclic) bond motifs is 2. The van der Waals surface area contributed by atoms with Crippen LogP contribution in [0.5, 0.6) is 0 Å². The van der Waals surface area contributed by atoms with Crippen LogP contribution < -0.4 is 9.80 Å². The number of hydrogen-bond donors (Lipinski definition) is 0. The minimum atomic E-state index is -0.0734. The first kappa shape index (κ1) is 31.6. The first-order valence-electron chi connectivity index (χ1n) is 19.0. The van der Waals surface area contributed by atoms with Crippen molar-refractivity contribution in [1.82, 2.24) is 0 Å². The largest absolute Gasteiger partial charge is 0.311 e. The Morgan fingerprint density at radius 1 is 0.431 bits per heavy atom. The lowest BCUT2D eigenvalue weighted by atomic mass is 9.67. The van der Waals surface area contributed by atoms with E-state index in [0.29, 0.717) is 0 Å². The molecular weight excluding hydrogens is 617 g/mol. The van der Waals surface area contributed by atoms with E-state index in [2.05, 4.69) is 186 Å². The molecule has 0 radical (unpaired) electrons. The second-order valence-electron chi connectivity index (χ2n) is 14.9. The van der Waals surface area contributed by atoms with Gasteiger partial charge >= 0.3 is 0 Å².